The van der Waals surface area contributed by atoms with Gasteiger partial charge in [0.2, 0.25) is 0 Å². The van der Waals surface area contributed by atoms with Gasteiger partial charge in [-0.1, -0.05) is 12.1 Å². The third-order valence-electron chi connectivity index (χ3n) is 1.86. The molecule has 0 amide bonds. The zero-order valence-corrected chi connectivity index (χ0v) is 8.16. The number of aliphatic hydroxyl groups excluding tert-OH is 1. The Balaban J connectivity index is 2.70. The third kappa shape index (κ3) is 3.30. The molecule has 0 fully saturated rings. The van der Waals surface area contributed by atoms with Gasteiger partial charge in [-0.05, 0) is 6.07 Å². The molecule has 1 aromatic carbocycles. The molecule has 0 saturated heterocycles. The van der Waals surface area contributed by atoms with Crippen molar-refractivity contribution in [2.75, 3.05) is 13.2 Å². The van der Waals surface area contributed by atoms with Crippen molar-refractivity contribution in [2.24, 2.45) is 5.73 Å². The van der Waals surface area contributed by atoms with Crippen LogP contribution in [0.15, 0.2) is 18.2 Å². The predicted molar refractivity (Wildman–Crippen MR) is 54.2 cm³/mol. The van der Waals surface area contributed by atoms with Gasteiger partial charge >= 0.3 is 0 Å². The molecule has 0 aliphatic rings. The summed E-state index contributed by atoms with van der Waals surface area (Å²) in [6.45, 7) is 0.186. The van der Waals surface area contributed by atoms with E-state index in [1.165, 1.54) is 12.1 Å². The molecule has 4 N–H and O–H groups in total. The summed E-state index contributed by atoms with van der Waals surface area (Å²) in [6.07, 6.45) is 0. The van der Waals surface area contributed by atoms with Crippen LogP contribution in [-0.4, -0.2) is 24.2 Å². The van der Waals surface area contributed by atoms with Gasteiger partial charge in [-0.25, -0.2) is 4.39 Å². The second-order valence-corrected chi connectivity index (χ2v) is 3.00. The Morgan fingerprint density at radius 1 is 1.53 bits per heavy atom. The van der Waals surface area contributed by atoms with Crippen molar-refractivity contribution in [3.63, 3.8) is 0 Å². The van der Waals surface area contributed by atoms with Crippen molar-refractivity contribution in [1.82, 2.24) is 0 Å². The number of amidine groups is 1. The first kappa shape index (κ1) is 11.6. The van der Waals surface area contributed by atoms with Crippen LogP contribution in [0.3, 0.4) is 0 Å². The zero-order chi connectivity index (χ0) is 11.3. The number of ether oxygens (including phenoxy) is 1. The monoisotopic (exact) mass is 212 g/mol. The van der Waals surface area contributed by atoms with Crippen LogP contribution in [-0.2, 0) is 11.3 Å². The van der Waals surface area contributed by atoms with Crippen LogP contribution in [0.4, 0.5) is 4.39 Å². The molecule has 5 heteroatoms. The largest absolute Gasteiger partial charge is 0.394 e. The Bertz CT molecular complexity index is 355. The average molecular weight is 212 g/mol. The fourth-order valence-electron chi connectivity index (χ4n) is 1.08. The highest BCUT2D eigenvalue weighted by atomic mass is 19.1. The molecule has 0 unspecified atom stereocenters. The number of hydrogen-bond donors (Lipinski definition) is 3. The average Bonchev–Trinajstić information content (AvgIpc) is 2.20. The number of benzene rings is 1. The molecule has 0 radical (unpaired) electrons. The van der Waals surface area contributed by atoms with Gasteiger partial charge in [0.25, 0.3) is 0 Å². The molecule has 0 bridgehead atoms. The molecule has 4 nitrogen and oxygen atoms in total. The fraction of sp³-hybridized carbons (Fsp3) is 0.300. The number of rotatable bonds is 5. The molecule has 15 heavy (non-hydrogen) atoms. The Morgan fingerprint density at radius 3 is 2.80 bits per heavy atom. The highest BCUT2D eigenvalue weighted by Crippen LogP contribution is 2.11. The summed E-state index contributed by atoms with van der Waals surface area (Å²) in [4.78, 5) is 0. The Kier molecular flexibility index (Phi) is 4.20. The standard InChI is InChI=1S/C10H13FN2O2/c11-9-5-7(10(12)13)1-2-8(9)6-15-4-3-14/h1-2,5,14H,3-4,6H2,(H3,12,13). The van der Waals surface area contributed by atoms with Crippen molar-refractivity contribution >= 4 is 5.84 Å². The normalized spacial score (nSPS) is 10.3. The number of hydrogen-bond acceptors (Lipinski definition) is 3. The van der Waals surface area contributed by atoms with E-state index in [-0.39, 0.29) is 25.7 Å². The molecule has 0 atom stereocenters. The Morgan fingerprint density at radius 2 is 2.27 bits per heavy atom. The van der Waals surface area contributed by atoms with Crippen LogP contribution in [0.5, 0.6) is 0 Å². The van der Waals surface area contributed by atoms with Gasteiger partial charge < -0.3 is 15.6 Å². The van der Waals surface area contributed by atoms with E-state index in [1.54, 1.807) is 6.07 Å². The van der Waals surface area contributed by atoms with Crippen LogP contribution >= 0.6 is 0 Å². The molecule has 1 aromatic rings. The van der Waals surface area contributed by atoms with Crippen molar-refractivity contribution in [1.29, 1.82) is 5.41 Å². The lowest BCUT2D eigenvalue weighted by Crippen LogP contribution is -2.11. The third-order valence-corrected chi connectivity index (χ3v) is 1.86. The van der Waals surface area contributed by atoms with E-state index in [0.717, 1.165) is 0 Å². The Labute approximate surface area is 87.0 Å². The summed E-state index contributed by atoms with van der Waals surface area (Å²) in [7, 11) is 0. The molecule has 82 valence electrons. The second kappa shape index (κ2) is 5.43. The first-order valence-corrected chi connectivity index (χ1v) is 4.46. The minimum atomic E-state index is -0.458. The van der Waals surface area contributed by atoms with Gasteiger partial charge in [-0.3, -0.25) is 5.41 Å². The smallest absolute Gasteiger partial charge is 0.129 e. The van der Waals surface area contributed by atoms with Crippen molar-refractivity contribution in [2.45, 2.75) is 6.61 Å². The molecular weight excluding hydrogens is 199 g/mol. The number of nitrogen functional groups attached to an aromatic ring is 1. The van der Waals surface area contributed by atoms with Crippen LogP contribution in [0.1, 0.15) is 11.1 Å². The molecule has 0 spiro atoms. The quantitative estimate of drug-likeness (QED) is 0.380. The van der Waals surface area contributed by atoms with Gasteiger partial charge in [-0.15, -0.1) is 0 Å². The molecule has 0 aliphatic heterocycles. The van der Waals surface area contributed by atoms with Gasteiger partial charge in [0, 0.05) is 11.1 Å². The van der Waals surface area contributed by atoms with E-state index in [2.05, 4.69) is 0 Å². The number of aliphatic hydroxyl groups is 1. The van der Waals surface area contributed by atoms with Crippen molar-refractivity contribution < 1.29 is 14.2 Å². The Hall–Kier alpha value is -1.46. The lowest BCUT2D eigenvalue weighted by Gasteiger charge is -2.05. The molecule has 0 aliphatic carbocycles. The summed E-state index contributed by atoms with van der Waals surface area (Å²) >= 11 is 0. The van der Waals surface area contributed by atoms with E-state index in [1.807, 2.05) is 0 Å². The van der Waals surface area contributed by atoms with Gasteiger partial charge in [0.15, 0.2) is 0 Å². The number of halogens is 1. The summed E-state index contributed by atoms with van der Waals surface area (Å²) in [5.74, 6) is -0.627. The van der Waals surface area contributed by atoms with E-state index in [4.69, 9.17) is 21.0 Å². The van der Waals surface area contributed by atoms with Crippen LogP contribution < -0.4 is 5.73 Å². The van der Waals surface area contributed by atoms with E-state index in [9.17, 15) is 4.39 Å². The highest BCUT2D eigenvalue weighted by molar-refractivity contribution is 5.94. The molecule has 0 heterocycles. The van der Waals surface area contributed by atoms with Gasteiger partial charge in [0.1, 0.15) is 11.7 Å². The lowest BCUT2D eigenvalue weighted by molar-refractivity contribution is 0.0799. The van der Waals surface area contributed by atoms with E-state index < -0.39 is 5.82 Å². The summed E-state index contributed by atoms with van der Waals surface area (Å²) in [5.41, 5.74) is 5.94. The first-order chi connectivity index (χ1) is 7.15. The number of nitrogens with two attached hydrogens (primary N) is 1. The van der Waals surface area contributed by atoms with E-state index >= 15 is 0 Å². The maximum absolute atomic E-state index is 13.3. The van der Waals surface area contributed by atoms with Crippen molar-refractivity contribution in [3.05, 3.63) is 35.1 Å². The lowest BCUT2D eigenvalue weighted by atomic mass is 10.1. The predicted octanol–water partition coefficient (Wildman–Crippen LogP) is 0.619. The van der Waals surface area contributed by atoms with Gasteiger partial charge in [-0.2, -0.15) is 0 Å². The van der Waals surface area contributed by atoms with Crippen LogP contribution in [0.25, 0.3) is 0 Å². The van der Waals surface area contributed by atoms with Crippen LogP contribution in [0.2, 0.25) is 0 Å². The minimum Gasteiger partial charge on any atom is -0.394 e. The molecular formula is C10H13FN2O2. The summed E-state index contributed by atoms with van der Waals surface area (Å²) < 4.78 is 18.3. The first-order valence-electron chi connectivity index (χ1n) is 4.46. The summed E-state index contributed by atoms with van der Waals surface area (Å²) in [6, 6.07) is 4.27. The molecule has 1 rings (SSSR count). The number of nitrogens with one attached hydrogen (secondary N) is 1. The van der Waals surface area contributed by atoms with Crippen LogP contribution in [0, 0.1) is 11.2 Å². The minimum absolute atomic E-state index is 0.0901. The maximum Gasteiger partial charge on any atom is 0.129 e. The zero-order valence-electron chi connectivity index (χ0n) is 8.16. The van der Waals surface area contributed by atoms with Crippen molar-refractivity contribution in [3.8, 4) is 0 Å². The summed E-state index contributed by atoms with van der Waals surface area (Å²) in [5, 5.41) is 15.6. The van der Waals surface area contributed by atoms with E-state index in [0.29, 0.717) is 11.1 Å². The van der Waals surface area contributed by atoms with Gasteiger partial charge in [0.05, 0.1) is 19.8 Å². The fourth-order valence-corrected chi connectivity index (χ4v) is 1.08. The highest BCUT2D eigenvalue weighted by Gasteiger charge is 2.05. The maximum atomic E-state index is 13.3. The SMILES string of the molecule is N=C(N)c1ccc(COCCO)c(F)c1. The topological polar surface area (TPSA) is 79.3 Å². The second-order valence-electron chi connectivity index (χ2n) is 3.00. The molecule has 0 aromatic heterocycles. The molecule has 0 saturated carbocycles.